The van der Waals surface area contributed by atoms with Gasteiger partial charge >= 0.3 is 29.6 Å². The number of aliphatic hydroxyl groups is 1. The van der Waals surface area contributed by atoms with E-state index < -0.39 is 11.6 Å². The number of benzene rings is 2. The van der Waals surface area contributed by atoms with Crippen molar-refractivity contribution in [2.45, 2.75) is 5.60 Å². The van der Waals surface area contributed by atoms with E-state index in [1.165, 1.54) is 38.5 Å². The number of ether oxygens (including phenoxy) is 2. The SMILES string of the molecule is COc1ccc(C(O)(C(=O)[O-])c2ccccc2)c(OC)c1.[Na+]. The molecule has 0 saturated carbocycles. The monoisotopic (exact) mass is 310 g/mol. The summed E-state index contributed by atoms with van der Waals surface area (Å²) in [6.07, 6.45) is 0. The number of carbonyl (C=O) groups excluding carboxylic acids is 1. The van der Waals surface area contributed by atoms with E-state index in [1.807, 2.05) is 0 Å². The first kappa shape index (κ1) is 18.5. The molecule has 1 N–H and O–H groups in total. The molecule has 5 nitrogen and oxygen atoms in total. The summed E-state index contributed by atoms with van der Waals surface area (Å²) in [7, 11) is 2.87. The molecule has 2 rings (SSSR count). The Morgan fingerprint density at radius 3 is 2.23 bits per heavy atom. The molecule has 0 radical (unpaired) electrons. The first-order chi connectivity index (χ1) is 10.0. The molecule has 0 aliphatic heterocycles. The number of hydrogen-bond donors (Lipinski definition) is 1. The van der Waals surface area contributed by atoms with Gasteiger partial charge in [0, 0.05) is 11.6 Å². The molecule has 2 aromatic carbocycles. The predicted octanol–water partition coefficient (Wildman–Crippen LogP) is -2.31. The molecule has 1 atom stereocenters. The van der Waals surface area contributed by atoms with Gasteiger partial charge in [0.2, 0.25) is 0 Å². The van der Waals surface area contributed by atoms with Crippen molar-refractivity contribution in [2.24, 2.45) is 0 Å². The van der Waals surface area contributed by atoms with Gasteiger partial charge in [-0.15, -0.1) is 0 Å². The van der Waals surface area contributed by atoms with E-state index in [2.05, 4.69) is 0 Å². The van der Waals surface area contributed by atoms with Crippen molar-refractivity contribution in [2.75, 3.05) is 14.2 Å². The summed E-state index contributed by atoms with van der Waals surface area (Å²) in [4.78, 5) is 11.6. The van der Waals surface area contributed by atoms with Crippen molar-refractivity contribution in [1.29, 1.82) is 0 Å². The summed E-state index contributed by atoms with van der Waals surface area (Å²) in [5.41, 5.74) is -2.04. The topological polar surface area (TPSA) is 78.8 Å². The molecule has 0 spiro atoms. The smallest absolute Gasteiger partial charge is 0.546 e. The normalized spacial score (nSPS) is 12.7. The maximum Gasteiger partial charge on any atom is 1.00 e. The Hall–Kier alpha value is -1.53. The fourth-order valence-corrected chi connectivity index (χ4v) is 2.16. The van der Waals surface area contributed by atoms with Crippen LogP contribution in [0.3, 0.4) is 0 Å². The van der Waals surface area contributed by atoms with Crippen LogP contribution in [-0.4, -0.2) is 25.3 Å². The van der Waals surface area contributed by atoms with Gasteiger partial charge in [-0.1, -0.05) is 30.3 Å². The zero-order valence-corrected chi connectivity index (χ0v) is 14.7. The van der Waals surface area contributed by atoms with E-state index >= 15 is 0 Å². The first-order valence-electron chi connectivity index (χ1n) is 6.26. The maximum atomic E-state index is 11.6. The van der Waals surface area contributed by atoms with Gasteiger partial charge in [0.1, 0.15) is 11.5 Å². The van der Waals surface area contributed by atoms with Crippen LogP contribution in [-0.2, 0) is 10.4 Å². The van der Waals surface area contributed by atoms with Gasteiger partial charge in [0.05, 0.1) is 20.2 Å². The van der Waals surface area contributed by atoms with E-state index in [0.717, 1.165) is 0 Å². The summed E-state index contributed by atoms with van der Waals surface area (Å²) in [5, 5.41) is 22.3. The predicted molar refractivity (Wildman–Crippen MR) is 74.0 cm³/mol. The third-order valence-electron chi connectivity index (χ3n) is 3.29. The molecular formula is C16H15NaO5. The zero-order chi connectivity index (χ0) is 15.5. The molecule has 0 bridgehead atoms. The van der Waals surface area contributed by atoms with E-state index in [1.54, 1.807) is 24.3 Å². The number of methoxy groups -OCH3 is 2. The van der Waals surface area contributed by atoms with Crippen LogP contribution in [0.25, 0.3) is 0 Å². The van der Waals surface area contributed by atoms with Gasteiger partial charge < -0.3 is 24.5 Å². The average Bonchev–Trinajstić information content (AvgIpc) is 2.54. The molecule has 0 aromatic heterocycles. The summed E-state index contributed by atoms with van der Waals surface area (Å²) in [5.74, 6) is -0.938. The third-order valence-corrected chi connectivity index (χ3v) is 3.29. The maximum absolute atomic E-state index is 11.6. The fraction of sp³-hybridized carbons (Fsp3) is 0.188. The average molecular weight is 310 g/mol. The molecular weight excluding hydrogens is 295 g/mol. The van der Waals surface area contributed by atoms with Gasteiger partial charge in [-0.05, 0) is 17.7 Å². The molecule has 0 heterocycles. The quantitative estimate of drug-likeness (QED) is 0.628. The number of hydrogen-bond acceptors (Lipinski definition) is 5. The fourth-order valence-electron chi connectivity index (χ4n) is 2.16. The van der Waals surface area contributed by atoms with Crippen molar-refractivity contribution >= 4 is 5.97 Å². The number of carboxylic acid groups (broad SMARTS) is 1. The summed E-state index contributed by atoms with van der Waals surface area (Å²) < 4.78 is 10.2. The Bertz CT molecular complexity index is 644. The van der Waals surface area contributed by atoms with Crippen molar-refractivity contribution < 1.29 is 54.0 Å². The van der Waals surface area contributed by atoms with E-state index in [4.69, 9.17) is 9.47 Å². The number of aliphatic carboxylic acids is 1. The van der Waals surface area contributed by atoms with Gasteiger partial charge in [0.15, 0.2) is 5.60 Å². The molecule has 0 saturated heterocycles. The molecule has 6 heteroatoms. The first-order valence-corrected chi connectivity index (χ1v) is 6.26. The molecule has 0 amide bonds. The number of carbonyl (C=O) groups is 1. The van der Waals surface area contributed by atoms with Crippen LogP contribution >= 0.6 is 0 Å². The Balaban J connectivity index is 0.00000242. The molecule has 110 valence electrons. The Morgan fingerprint density at radius 1 is 1.09 bits per heavy atom. The molecule has 0 aliphatic carbocycles. The molecule has 0 fully saturated rings. The van der Waals surface area contributed by atoms with Crippen molar-refractivity contribution in [3.63, 3.8) is 0 Å². The molecule has 0 aliphatic rings. The van der Waals surface area contributed by atoms with E-state index in [0.29, 0.717) is 5.75 Å². The van der Waals surface area contributed by atoms with Crippen LogP contribution in [0.5, 0.6) is 11.5 Å². The Labute approximate surface area is 150 Å². The van der Waals surface area contributed by atoms with Gasteiger partial charge in [-0.25, -0.2) is 0 Å². The molecule has 1 unspecified atom stereocenters. The van der Waals surface area contributed by atoms with Crippen LogP contribution in [0.2, 0.25) is 0 Å². The minimum absolute atomic E-state index is 0. The summed E-state index contributed by atoms with van der Waals surface area (Å²) in [6, 6.07) is 12.5. The van der Waals surface area contributed by atoms with E-state index in [9.17, 15) is 15.0 Å². The van der Waals surface area contributed by atoms with Crippen LogP contribution in [0, 0.1) is 0 Å². The minimum Gasteiger partial charge on any atom is -0.546 e. The van der Waals surface area contributed by atoms with Gasteiger partial charge in [-0.3, -0.25) is 0 Å². The standard InChI is InChI=1S/C16H16O5.Na/c1-20-12-8-9-13(14(10-12)21-2)16(19,15(17)18)11-6-4-3-5-7-11;/h3-10,19H,1-2H3,(H,17,18);/q;+1/p-1. The summed E-state index contributed by atoms with van der Waals surface area (Å²) in [6.45, 7) is 0. The van der Waals surface area contributed by atoms with E-state index in [-0.39, 0.29) is 46.4 Å². The van der Waals surface area contributed by atoms with Crippen LogP contribution in [0.15, 0.2) is 48.5 Å². The van der Waals surface area contributed by atoms with Crippen molar-refractivity contribution in [3.8, 4) is 11.5 Å². The second kappa shape index (κ2) is 7.65. The minimum atomic E-state index is -2.31. The number of rotatable bonds is 5. The van der Waals surface area contributed by atoms with Crippen molar-refractivity contribution in [1.82, 2.24) is 0 Å². The zero-order valence-electron chi connectivity index (χ0n) is 12.7. The Kier molecular flexibility index (Phi) is 6.44. The Morgan fingerprint density at radius 2 is 1.73 bits per heavy atom. The largest absolute Gasteiger partial charge is 1.00 e. The van der Waals surface area contributed by atoms with Gasteiger partial charge in [0.25, 0.3) is 0 Å². The van der Waals surface area contributed by atoms with Gasteiger partial charge in [-0.2, -0.15) is 0 Å². The number of carboxylic acids is 1. The van der Waals surface area contributed by atoms with Crippen LogP contribution < -0.4 is 44.1 Å². The third kappa shape index (κ3) is 3.28. The second-order valence-electron chi connectivity index (χ2n) is 4.43. The molecule has 22 heavy (non-hydrogen) atoms. The second-order valence-corrected chi connectivity index (χ2v) is 4.43. The summed E-state index contributed by atoms with van der Waals surface area (Å²) >= 11 is 0. The van der Waals surface area contributed by atoms with Crippen molar-refractivity contribution in [3.05, 3.63) is 59.7 Å². The molecule has 2 aromatic rings. The van der Waals surface area contributed by atoms with Crippen LogP contribution in [0.4, 0.5) is 0 Å². The van der Waals surface area contributed by atoms with Crippen LogP contribution in [0.1, 0.15) is 11.1 Å².